The summed E-state index contributed by atoms with van der Waals surface area (Å²) in [5.41, 5.74) is 6.81. The van der Waals surface area contributed by atoms with E-state index in [-0.39, 0.29) is 42.8 Å². The van der Waals surface area contributed by atoms with Crippen molar-refractivity contribution in [3.63, 3.8) is 0 Å². The van der Waals surface area contributed by atoms with Crippen molar-refractivity contribution in [1.29, 1.82) is 0 Å². The topological polar surface area (TPSA) is 64.2 Å². The van der Waals surface area contributed by atoms with Gasteiger partial charge in [-0.05, 0) is 19.8 Å². The third-order valence-corrected chi connectivity index (χ3v) is 3.18. The van der Waals surface area contributed by atoms with E-state index in [2.05, 4.69) is 5.10 Å². The highest BCUT2D eigenvalue weighted by atomic mass is 35.5. The Balaban J connectivity index is 0.00000162. The molecule has 2 unspecified atom stereocenters. The Bertz CT molecular complexity index is 408. The smallest absolute Gasteiger partial charge is 0.224 e. The Morgan fingerprint density at radius 2 is 2.26 bits per heavy atom. The largest absolute Gasteiger partial charge is 0.335 e. The van der Waals surface area contributed by atoms with Crippen LogP contribution in [-0.4, -0.2) is 33.2 Å². The molecule has 1 fully saturated rings. The number of nitrogens with two attached hydrogens (primary N) is 1. The van der Waals surface area contributed by atoms with Crippen LogP contribution in [0.2, 0.25) is 0 Å². The quantitative estimate of drug-likeness (QED) is 0.923. The highest BCUT2D eigenvalue weighted by Gasteiger charge is 2.30. The van der Waals surface area contributed by atoms with Gasteiger partial charge in [0.1, 0.15) is 0 Å². The molecule has 19 heavy (non-hydrogen) atoms. The SMILES string of the molecule is CC(N)CC(=O)N1CCCC1c1cnn(C)c1.Cl.Cl. The van der Waals surface area contributed by atoms with Gasteiger partial charge < -0.3 is 10.6 Å². The first kappa shape index (κ1) is 18.2. The predicted octanol–water partition coefficient (Wildman–Crippen LogP) is 1.66. The number of hydrogen-bond donors (Lipinski definition) is 1. The average molecular weight is 309 g/mol. The second-order valence-electron chi connectivity index (χ2n) is 4.87. The number of rotatable bonds is 3. The zero-order valence-corrected chi connectivity index (χ0v) is 12.9. The van der Waals surface area contributed by atoms with Gasteiger partial charge in [-0.3, -0.25) is 9.48 Å². The maximum absolute atomic E-state index is 12.1. The lowest BCUT2D eigenvalue weighted by atomic mass is 10.1. The van der Waals surface area contributed by atoms with E-state index in [0.29, 0.717) is 6.42 Å². The number of likely N-dealkylation sites (tertiary alicyclic amines) is 1. The zero-order valence-electron chi connectivity index (χ0n) is 11.3. The molecule has 5 nitrogen and oxygen atoms in total. The number of carbonyl (C=O) groups is 1. The molecule has 7 heteroatoms. The molecular weight excluding hydrogens is 287 g/mol. The molecule has 0 saturated carbocycles. The molecule has 1 aromatic heterocycles. The lowest BCUT2D eigenvalue weighted by molar-refractivity contribution is -0.132. The summed E-state index contributed by atoms with van der Waals surface area (Å²) in [6, 6.07) is 0.118. The number of carbonyl (C=O) groups excluding carboxylic acids is 1. The fourth-order valence-corrected chi connectivity index (χ4v) is 2.42. The number of aryl methyl sites for hydroxylation is 1. The van der Waals surface area contributed by atoms with E-state index >= 15 is 0 Å². The maximum Gasteiger partial charge on any atom is 0.224 e. The Labute approximate surface area is 126 Å². The van der Waals surface area contributed by atoms with Crippen LogP contribution < -0.4 is 5.73 Å². The predicted molar refractivity (Wildman–Crippen MR) is 79.7 cm³/mol. The molecule has 2 rings (SSSR count). The van der Waals surface area contributed by atoms with E-state index in [1.807, 2.05) is 31.3 Å². The minimum absolute atomic E-state index is 0. The van der Waals surface area contributed by atoms with Crippen molar-refractivity contribution >= 4 is 30.7 Å². The second kappa shape index (κ2) is 7.72. The number of aromatic nitrogens is 2. The third-order valence-electron chi connectivity index (χ3n) is 3.18. The fraction of sp³-hybridized carbons (Fsp3) is 0.667. The molecule has 0 aliphatic carbocycles. The summed E-state index contributed by atoms with van der Waals surface area (Å²) in [6.07, 6.45) is 6.35. The van der Waals surface area contributed by atoms with Crippen molar-refractivity contribution in [2.75, 3.05) is 6.54 Å². The van der Waals surface area contributed by atoms with E-state index in [1.165, 1.54) is 0 Å². The molecule has 0 bridgehead atoms. The van der Waals surface area contributed by atoms with E-state index in [4.69, 9.17) is 5.73 Å². The number of nitrogens with zero attached hydrogens (tertiary/aromatic N) is 3. The second-order valence-corrected chi connectivity index (χ2v) is 4.87. The lowest BCUT2D eigenvalue weighted by Crippen LogP contribution is -2.34. The summed E-state index contributed by atoms with van der Waals surface area (Å²) >= 11 is 0. The molecule has 2 N–H and O–H groups in total. The first-order chi connectivity index (χ1) is 8.08. The van der Waals surface area contributed by atoms with Crippen molar-refractivity contribution in [3.8, 4) is 0 Å². The van der Waals surface area contributed by atoms with Crippen LogP contribution in [0.15, 0.2) is 12.4 Å². The van der Waals surface area contributed by atoms with Crippen LogP contribution >= 0.6 is 24.8 Å². The van der Waals surface area contributed by atoms with Crippen LogP contribution in [0.4, 0.5) is 0 Å². The van der Waals surface area contributed by atoms with Gasteiger partial charge in [-0.15, -0.1) is 24.8 Å². The van der Waals surface area contributed by atoms with Crippen LogP contribution in [0, 0.1) is 0 Å². The summed E-state index contributed by atoms with van der Waals surface area (Å²) in [7, 11) is 1.90. The van der Waals surface area contributed by atoms with Crippen LogP contribution in [0.3, 0.4) is 0 Å². The minimum atomic E-state index is -0.0716. The molecule has 2 atom stereocenters. The monoisotopic (exact) mass is 308 g/mol. The van der Waals surface area contributed by atoms with E-state index in [9.17, 15) is 4.79 Å². The van der Waals surface area contributed by atoms with Crippen molar-refractivity contribution in [1.82, 2.24) is 14.7 Å². The molecule has 0 spiro atoms. The molecule has 1 aliphatic heterocycles. The molecule has 1 aromatic rings. The van der Waals surface area contributed by atoms with Gasteiger partial charge in [0.05, 0.1) is 12.2 Å². The van der Waals surface area contributed by atoms with Crippen molar-refractivity contribution < 1.29 is 4.79 Å². The Kier molecular flexibility index (Phi) is 7.41. The highest BCUT2D eigenvalue weighted by Crippen LogP contribution is 2.32. The van der Waals surface area contributed by atoms with Gasteiger partial charge in [-0.25, -0.2) is 0 Å². The Morgan fingerprint density at radius 3 is 2.79 bits per heavy atom. The summed E-state index contributed by atoms with van der Waals surface area (Å²) < 4.78 is 1.78. The van der Waals surface area contributed by atoms with Gasteiger partial charge in [0, 0.05) is 37.8 Å². The van der Waals surface area contributed by atoms with Crippen molar-refractivity contribution in [2.24, 2.45) is 12.8 Å². The summed E-state index contributed by atoms with van der Waals surface area (Å²) in [5.74, 6) is 0.159. The molecule has 1 amide bonds. The summed E-state index contributed by atoms with van der Waals surface area (Å²) in [4.78, 5) is 14.0. The van der Waals surface area contributed by atoms with Crippen LogP contribution in [0.5, 0.6) is 0 Å². The molecule has 0 radical (unpaired) electrons. The maximum atomic E-state index is 12.1. The van der Waals surface area contributed by atoms with E-state index in [0.717, 1.165) is 24.9 Å². The standard InChI is InChI=1S/C12H20N4O.2ClH/c1-9(13)6-12(17)16-5-3-4-11(16)10-7-14-15(2)8-10;;/h7-9,11H,3-6,13H2,1-2H3;2*1H. The highest BCUT2D eigenvalue weighted by molar-refractivity contribution is 5.85. The van der Waals surface area contributed by atoms with Gasteiger partial charge in [0.25, 0.3) is 0 Å². The van der Waals surface area contributed by atoms with Crippen LogP contribution in [0.1, 0.15) is 37.8 Å². The molecule has 0 aromatic carbocycles. The van der Waals surface area contributed by atoms with Gasteiger partial charge in [0.2, 0.25) is 5.91 Å². The average Bonchev–Trinajstić information content (AvgIpc) is 2.83. The van der Waals surface area contributed by atoms with E-state index in [1.54, 1.807) is 4.68 Å². The first-order valence-corrected chi connectivity index (χ1v) is 6.11. The summed E-state index contributed by atoms with van der Waals surface area (Å²) in [6.45, 7) is 2.71. The Morgan fingerprint density at radius 1 is 1.58 bits per heavy atom. The van der Waals surface area contributed by atoms with Crippen LogP contribution in [0.25, 0.3) is 0 Å². The van der Waals surface area contributed by atoms with Crippen LogP contribution in [-0.2, 0) is 11.8 Å². The zero-order chi connectivity index (χ0) is 12.4. The molecular formula is C12H22Cl2N4O. The molecule has 2 heterocycles. The number of amides is 1. The van der Waals surface area contributed by atoms with Gasteiger partial charge in [-0.1, -0.05) is 0 Å². The van der Waals surface area contributed by atoms with Gasteiger partial charge in [0.15, 0.2) is 0 Å². The van der Waals surface area contributed by atoms with Crippen molar-refractivity contribution in [2.45, 2.75) is 38.3 Å². The lowest BCUT2D eigenvalue weighted by Gasteiger charge is -2.24. The number of halogens is 2. The molecule has 1 aliphatic rings. The Hall–Kier alpha value is -0.780. The fourth-order valence-electron chi connectivity index (χ4n) is 2.42. The molecule has 110 valence electrons. The normalized spacial score (nSPS) is 19.5. The van der Waals surface area contributed by atoms with E-state index < -0.39 is 0 Å². The van der Waals surface area contributed by atoms with Gasteiger partial charge >= 0.3 is 0 Å². The minimum Gasteiger partial charge on any atom is -0.335 e. The van der Waals surface area contributed by atoms with Crippen molar-refractivity contribution in [3.05, 3.63) is 18.0 Å². The summed E-state index contributed by atoms with van der Waals surface area (Å²) in [5, 5.41) is 4.17. The molecule has 1 saturated heterocycles. The van der Waals surface area contributed by atoms with Gasteiger partial charge in [-0.2, -0.15) is 5.10 Å². The first-order valence-electron chi connectivity index (χ1n) is 6.11. The number of hydrogen-bond acceptors (Lipinski definition) is 3. The third kappa shape index (κ3) is 4.37.